The van der Waals surface area contributed by atoms with Crippen LogP contribution in [0.25, 0.3) is 0 Å². The van der Waals surface area contributed by atoms with E-state index in [4.69, 9.17) is 11.5 Å². The molecular formula is C6H9N3O2. The Labute approximate surface area is 63.4 Å². The van der Waals surface area contributed by atoms with E-state index in [1.807, 2.05) is 0 Å². The molecule has 0 aromatic carbocycles. The molecule has 0 saturated carbocycles. The molecule has 5 nitrogen and oxygen atoms in total. The molecule has 1 aliphatic heterocycles. The second-order valence-electron chi connectivity index (χ2n) is 2.44. The lowest BCUT2D eigenvalue weighted by Crippen LogP contribution is -2.60. The summed E-state index contributed by atoms with van der Waals surface area (Å²) in [5.41, 5.74) is 9.05. The lowest BCUT2D eigenvalue weighted by atomic mass is 10.1. The number of carbonyl (C=O) groups excluding carboxylic acids is 2. The average molecular weight is 155 g/mol. The quantitative estimate of drug-likeness (QED) is 0.297. The second-order valence-corrected chi connectivity index (χ2v) is 2.44. The van der Waals surface area contributed by atoms with Gasteiger partial charge in [0.15, 0.2) is 5.66 Å². The molecule has 1 rings (SSSR count). The monoisotopic (exact) mass is 155 g/mol. The summed E-state index contributed by atoms with van der Waals surface area (Å²) >= 11 is 0. The number of hydrogen-bond acceptors (Lipinski definition) is 4. The van der Waals surface area contributed by atoms with Gasteiger partial charge in [0.05, 0.1) is 5.57 Å². The highest BCUT2D eigenvalue weighted by Gasteiger charge is 2.44. The molecule has 1 amide bonds. The normalized spacial score (nSPS) is 30.9. The molecule has 0 bridgehead atoms. The van der Waals surface area contributed by atoms with Crippen LogP contribution in [0.15, 0.2) is 12.2 Å². The van der Waals surface area contributed by atoms with Crippen molar-refractivity contribution in [2.24, 2.45) is 11.5 Å². The van der Waals surface area contributed by atoms with Crippen molar-refractivity contribution in [3.05, 3.63) is 12.2 Å². The van der Waals surface area contributed by atoms with Gasteiger partial charge in [0, 0.05) is 6.54 Å². The van der Waals surface area contributed by atoms with E-state index in [-0.39, 0.29) is 12.1 Å². The molecule has 1 unspecified atom stereocenters. The van der Waals surface area contributed by atoms with Gasteiger partial charge >= 0.3 is 0 Å². The first-order valence-electron chi connectivity index (χ1n) is 3.06. The van der Waals surface area contributed by atoms with Crippen molar-refractivity contribution in [1.29, 1.82) is 0 Å². The minimum atomic E-state index is -1.42. The molecule has 1 saturated heterocycles. The molecule has 0 radical (unpaired) electrons. The standard InChI is InChI=1S/C6H9N3O2/c1-3-4(10)6(8,2-7)9-5(3)11/h1-2,7-8H2,(H,9,11). The van der Waals surface area contributed by atoms with Crippen molar-refractivity contribution >= 4 is 11.7 Å². The van der Waals surface area contributed by atoms with Crippen LogP contribution in [0.2, 0.25) is 0 Å². The molecule has 1 atom stereocenters. The smallest absolute Gasteiger partial charge is 0.256 e. The van der Waals surface area contributed by atoms with Gasteiger partial charge in [-0.3, -0.25) is 9.59 Å². The van der Waals surface area contributed by atoms with Crippen LogP contribution >= 0.6 is 0 Å². The lowest BCUT2D eigenvalue weighted by molar-refractivity contribution is -0.119. The minimum absolute atomic E-state index is 0.114. The number of amides is 1. The fourth-order valence-electron chi connectivity index (χ4n) is 0.851. The number of ketones is 1. The van der Waals surface area contributed by atoms with Gasteiger partial charge in [0.2, 0.25) is 5.78 Å². The van der Waals surface area contributed by atoms with Crippen LogP contribution < -0.4 is 16.8 Å². The largest absolute Gasteiger partial charge is 0.327 e. The van der Waals surface area contributed by atoms with E-state index in [2.05, 4.69) is 11.9 Å². The van der Waals surface area contributed by atoms with E-state index in [0.29, 0.717) is 0 Å². The average Bonchev–Trinajstić information content (AvgIpc) is 2.17. The summed E-state index contributed by atoms with van der Waals surface area (Å²) in [6.07, 6.45) is 0. The molecule has 0 aliphatic carbocycles. The Hall–Kier alpha value is -1.20. The Morgan fingerprint density at radius 2 is 2.09 bits per heavy atom. The van der Waals surface area contributed by atoms with Gasteiger partial charge in [-0.2, -0.15) is 0 Å². The van der Waals surface area contributed by atoms with E-state index in [1.54, 1.807) is 0 Å². The third-order valence-corrected chi connectivity index (χ3v) is 1.61. The fraction of sp³-hybridized carbons (Fsp3) is 0.333. The van der Waals surface area contributed by atoms with Crippen molar-refractivity contribution in [2.45, 2.75) is 5.66 Å². The third kappa shape index (κ3) is 0.941. The molecule has 5 heteroatoms. The first-order valence-corrected chi connectivity index (χ1v) is 3.06. The molecular weight excluding hydrogens is 146 g/mol. The summed E-state index contributed by atoms with van der Waals surface area (Å²) in [7, 11) is 0. The summed E-state index contributed by atoms with van der Waals surface area (Å²) in [6.45, 7) is 3.15. The Kier molecular flexibility index (Phi) is 1.54. The van der Waals surface area contributed by atoms with E-state index in [9.17, 15) is 9.59 Å². The van der Waals surface area contributed by atoms with Gasteiger partial charge in [-0.05, 0) is 0 Å². The summed E-state index contributed by atoms with van der Waals surface area (Å²) in [5, 5.41) is 2.24. The van der Waals surface area contributed by atoms with Gasteiger partial charge in [0.25, 0.3) is 5.91 Å². The van der Waals surface area contributed by atoms with Crippen molar-refractivity contribution in [3.8, 4) is 0 Å². The Balaban J connectivity index is 3.00. The van der Waals surface area contributed by atoms with Crippen LogP contribution in [-0.4, -0.2) is 23.9 Å². The SMILES string of the molecule is C=C1C(=O)NC(N)(CN)C1=O. The summed E-state index contributed by atoms with van der Waals surface area (Å²) in [4.78, 5) is 21.9. The second kappa shape index (κ2) is 2.14. The lowest BCUT2D eigenvalue weighted by Gasteiger charge is -2.18. The predicted molar refractivity (Wildman–Crippen MR) is 38.3 cm³/mol. The maximum atomic E-state index is 11.1. The van der Waals surface area contributed by atoms with E-state index in [0.717, 1.165) is 0 Å². The number of carbonyl (C=O) groups is 2. The third-order valence-electron chi connectivity index (χ3n) is 1.61. The first-order chi connectivity index (χ1) is 5.01. The van der Waals surface area contributed by atoms with Crippen molar-refractivity contribution in [1.82, 2.24) is 5.32 Å². The summed E-state index contributed by atoms with van der Waals surface area (Å²) < 4.78 is 0. The van der Waals surface area contributed by atoms with Crippen molar-refractivity contribution in [3.63, 3.8) is 0 Å². The van der Waals surface area contributed by atoms with Gasteiger partial charge in [-0.1, -0.05) is 6.58 Å². The van der Waals surface area contributed by atoms with E-state index >= 15 is 0 Å². The number of hydrogen-bond donors (Lipinski definition) is 3. The first kappa shape index (κ1) is 7.90. The van der Waals surface area contributed by atoms with E-state index < -0.39 is 17.4 Å². The molecule has 0 aromatic rings. The molecule has 11 heavy (non-hydrogen) atoms. The number of rotatable bonds is 1. The highest BCUT2D eigenvalue weighted by Crippen LogP contribution is 2.12. The van der Waals surface area contributed by atoms with Crippen LogP contribution in [0.1, 0.15) is 0 Å². The van der Waals surface area contributed by atoms with Crippen molar-refractivity contribution < 1.29 is 9.59 Å². The topological polar surface area (TPSA) is 98.2 Å². The molecule has 1 heterocycles. The zero-order valence-corrected chi connectivity index (χ0v) is 5.89. The van der Waals surface area contributed by atoms with Crippen LogP contribution in [0, 0.1) is 0 Å². The number of nitrogens with two attached hydrogens (primary N) is 2. The minimum Gasteiger partial charge on any atom is -0.327 e. The zero-order valence-electron chi connectivity index (χ0n) is 5.89. The maximum absolute atomic E-state index is 11.1. The molecule has 1 aliphatic rings. The summed E-state index contributed by atoms with van der Waals surface area (Å²) in [5.74, 6) is -1.06. The van der Waals surface area contributed by atoms with Gasteiger partial charge in [-0.15, -0.1) is 0 Å². The van der Waals surface area contributed by atoms with Gasteiger partial charge in [0.1, 0.15) is 0 Å². The molecule has 0 aromatic heterocycles. The summed E-state index contributed by atoms with van der Waals surface area (Å²) in [6, 6.07) is 0. The van der Waals surface area contributed by atoms with Gasteiger partial charge in [-0.25, -0.2) is 0 Å². The fourth-order valence-corrected chi connectivity index (χ4v) is 0.851. The highest BCUT2D eigenvalue weighted by molar-refractivity contribution is 6.27. The molecule has 60 valence electrons. The highest BCUT2D eigenvalue weighted by atomic mass is 16.2. The Morgan fingerprint density at radius 1 is 1.55 bits per heavy atom. The number of nitrogens with one attached hydrogen (secondary N) is 1. The van der Waals surface area contributed by atoms with Crippen LogP contribution in [0.3, 0.4) is 0 Å². The molecule has 0 spiro atoms. The Morgan fingerprint density at radius 3 is 2.27 bits per heavy atom. The van der Waals surface area contributed by atoms with Gasteiger partial charge < -0.3 is 16.8 Å². The van der Waals surface area contributed by atoms with Crippen LogP contribution in [0.4, 0.5) is 0 Å². The van der Waals surface area contributed by atoms with Crippen LogP contribution in [0.5, 0.6) is 0 Å². The van der Waals surface area contributed by atoms with Crippen molar-refractivity contribution in [2.75, 3.05) is 6.54 Å². The Bertz CT molecular complexity index is 248. The van der Waals surface area contributed by atoms with Crippen LogP contribution in [-0.2, 0) is 9.59 Å². The molecule has 1 fully saturated rings. The predicted octanol–water partition coefficient (Wildman–Crippen LogP) is -2.14. The molecule has 5 N–H and O–H groups in total. The zero-order chi connectivity index (χ0) is 8.65. The number of Topliss-reactive ketones (excluding diaryl/α,β-unsaturated/α-hetero) is 1. The maximum Gasteiger partial charge on any atom is 0.256 e. The van der Waals surface area contributed by atoms with E-state index in [1.165, 1.54) is 0 Å².